The van der Waals surface area contributed by atoms with Crippen LogP contribution in [0, 0.1) is 0 Å². The molecule has 0 radical (unpaired) electrons. The van der Waals surface area contributed by atoms with E-state index in [1.807, 2.05) is 0 Å². The van der Waals surface area contributed by atoms with Crippen molar-refractivity contribution < 1.29 is 39.6 Å². The van der Waals surface area contributed by atoms with Gasteiger partial charge in [0.1, 0.15) is 6.04 Å². The van der Waals surface area contributed by atoms with Crippen LogP contribution in [-0.4, -0.2) is 62.4 Å². The zero-order valence-electron chi connectivity index (χ0n) is 11.8. The molecule has 0 saturated carbocycles. The van der Waals surface area contributed by atoms with E-state index in [-0.39, 0.29) is 13.0 Å². The minimum Gasteiger partial charge on any atom is -0.481 e. The van der Waals surface area contributed by atoms with E-state index in [0.29, 0.717) is 12.8 Å². The number of nitrogens with two attached hydrogens (primary N) is 1. The number of aliphatic hydroxyl groups is 1. The van der Waals surface area contributed by atoms with Crippen LogP contribution in [0.2, 0.25) is 0 Å². The third-order valence-corrected chi connectivity index (χ3v) is 2.85. The number of carboxylic acid groups (broad SMARTS) is 3. The predicted molar refractivity (Wildman–Crippen MR) is 71.9 cm³/mol. The topological polar surface area (TPSA) is 187 Å². The van der Waals surface area contributed by atoms with Crippen LogP contribution in [0.4, 0.5) is 0 Å². The van der Waals surface area contributed by atoms with Gasteiger partial charge in [0.25, 0.3) is 5.91 Å². The molecule has 126 valence electrons. The molecule has 0 aromatic heterocycles. The molecule has 0 aliphatic rings. The van der Waals surface area contributed by atoms with Gasteiger partial charge in [0, 0.05) is 6.54 Å². The van der Waals surface area contributed by atoms with Gasteiger partial charge < -0.3 is 31.5 Å². The zero-order chi connectivity index (χ0) is 17.3. The Labute approximate surface area is 125 Å². The molecule has 0 aliphatic heterocycles. The molecule has 0 spiro atoms. The summed E-state index contributed by atoms with van der Waals surface area (Å²) in [5.74, 6) is -5.25. The van der Waals surface area contributed by atoms with E-state index in [0.717, 1.165) is 0 Å². The Hall–Kier alpha value is -2.20. The van der Waals surface area contributed by atoms with Crippen molar-refractivity contribution >= 4 is 23.8 Å². The monoisotopic (exact) mass is 320 g/mol. The van der Waals surface area contributed by atoms with Crippen LogP contribution in [0.3, 0.4) is 0 Å². The van der Waals surface area contributed by atoms with E-state index in [2.05, 4.69) is 5.32 Å². The first-order valence-electron chi connectivity index (χ1n) is 6.51. The maximum absolute atomic E-state index is 11.7. The second-order valence-electron chi connectivity index (χ2n) is 4.87. The minimum atomic E-state index is -2.53. The molecule has 0 aromatic carbocycles. The lowest BCUT2D eigenvalue weighted by Gasteiger charge is -2.23. The van der Waals surface area contributed by atoms with Crippen molar-refractivity contribution in [2.45, 2.75) is 43.7 Å². The summed E-state index contributed by atoms with van der Waals surface area (Å²) in [4.78, 5) is 43.4. The first kappa shape index (κ1) is 19.8. The molecule has 0 heterocycles. The largest absolute Gasteiger partial charge is 0.481 e. The normalized spacial score (nSPS) is 12.5. The summed E-state index contributed by atoms with van der Waals surface area (Å²) in [5.41, 5.74) is 2.75. The Kier molecular flexibility index (Phi) is 8.05. The highest BCUT2D eigenvalue weighted by Gasteiger charge is 2.40. The standard InChI is InChI=1S/C12H20N2O8/c13-7(10(19)20)3-1-2-4-14-11(21)12(22,5-8(15)16)6-9(17)18/h7,22H,1-6,13H2,(H,14,21)(H,15,16)(H,17,18)(H,19,20)/t7-/m0/s1. The van der Waals surface area contributed by atoms with Crippen LogP contribution in [0.25, 0.3) is 0 Å². The zero-order valence-corrected chi connectivity index (χ0v) is 11.8. The van der Waals surface area contributed by atoms with Crippen molar-refractivity contribution in [1.82, 2.24) is 5.32 Å². The van der Waals surface area contributed by atoms with Gasteiger partial charge in [-0.3, -0.25) is 19.2 Å². The average Bonchev–Trinajstić information content (AvgIpc) is 2.35. The molecule has 10 heteroatoms. The van der Waals surface area contributed by atoms with E-state index in [1.165, 1.54) is 0 Å². The van der Waals surface area contributed by atoms with E-state index < -0.39 is 48.3 Å². The molecule has 10 nitrogen and oxygen atoms in total. The summed E-state index contributed by atoms with van der Waals surface area (Å²) in [6, 6.07) is -1.01. The number of nitrogens with one attached hydrogen (secondary N) is 1. The maximum atomic E-state index is 11.7. The summed E-state index contributed by atoms with van der Waals surface area (Å²) in [5, 5.41) is 37.9. The van der Waals surface area contributed by atoms with Gasteiger partial charge in [-0.15, -0.1) is 0 Å². The van der Waals surface area contributed by atoms with Gasteiger partial charge in [-0.25, -0.2) is 0 Å². The van der Waals surface area contributed by atoms with Crippen molar-refractivity contribution in [3.63, 3.8) is 0 Å². The maximum Gasteiger partial charge on any atom is 0.320 e. The average molecular weight is 320 g/mol. The molecule has 0 aliphatic carbocycles. The SMILES string of the molecule is N[C@@H](CCCCNC(=O)C(O)(CC(=O)O)CC(=O)O)C(=O)O. The van der Waals surface area contributed by atoms with Gasteiger partial charge in [0.2, 0.25) is 0 Å². The van der Waals surface area contributed by atoms with Gasteiger partial charge in [-0.1, -0.05) is 0 Å². The van der Waals surface area contributed by atoms with E-state index in [4.69, 9.17) is 21.1 Å². The summed E-state index contributed by atoms with van der Waals surface area (Å²) in [6.07, 6.45) is -1.13. The van der Waals surface area contributed by atoms with Crippen LogP contribution in [0.5, 0.6) is 0 Å². The molecule has 0 rings (SSSR count). The molecule has 0 unspecified atom stereocenters. The summed E-state index contributed by atoms with van der Waals surface area (Å²) in [7, 11) is 0. The Balaban J connectivity index is 4.32. The van der Waals surface area contributed by atoms with Crippen LogP contribution in [0.1, 0.15) is 32.1 Å². The Morgan fingerprint density at radius 2 is 1.50 bits per heavy atom. The predicted octanol–water partition coefficient (Wildman–Crippen LogP) is -1.63. The lowest BCUT2D eigenvalue weighted by atomic mass is 9.94. The highest BCUT2D eigenvalue weighted by atomic mass is 16.4. The molecule has 1 atom stereocenters. The molecule has 0 bridgehead atoms. The number of rotatable bonds is 11. The lowest BCUT2D eigenvalue weighted by molar-refractivity contribution is -0.159. The highest BCUT2D eigenvalue weighted by molar-refractivity contribution is 5.92. The summed E-state index contributed by atoms with van der Waals surface area (Å²) in [6.45, 7) is 0.0344. The van der Waals surface area contributed by atoms with E-state index in [1.54, 1.807) is 0 Å². The number of carbonyl (C=O) groups excluding carboxylic acids is 1. The van der Waals surface area contributed by atoms with Crippen molar-refractivity contribution in [3.8, 4) is 0 Å². The number of carbonyl (C=O) groups is 4. The molecular formula is C12H20N2O8. The fraction of sp³-hybridized carbons (Fsp3) is 0.667. The fourth-order valence-corrected chi connectivity index (χ4v) is 1.70. The minimum absolute atomic E-state index is 0.0344. The van der Waals surface area contributed by atoms with Gasteiger partial charge in [-0.05, 0) is 19.3 Å². The molecule has 0 aromatic rings. The fourth-order valence-electron chi connectivity index (χ4n) is 1.70. The highest BCUT2D eigenvalue weighted by Crippen LogP contribution is 2.16. The molecular weight excluding hydrogens is 300 g/mol. The van der Waals surface area contributed by atoms with Gasteiger partial charge >= 0.3 is 17.9 Å². The third kappa shape index (κ3) is 7.55. The Bertz CT molecular complexity index is 421. The summed E-state index contributed by atoms with van der Waals surface area (Å²) >= 11 is 0. The summed E-state index contributed by atoms with van der Waals surface area (Å²) < 4.78 is 0. The van der Waals surface area contributed by atoms with Crippen LogP contribution >= 0.6 is 0 Å². The van der Waals surface area contributed by atoms with Crippen molar-refractivity contribution in [1.29, 1.82) is 0 Å². The molecule has 7 N–H and O–H groups in total. The van der Waals surface area contributed by atoms with Crippen LogP contribution < -0.4 is 11.1 Å². The third-order valence-electron chi connectivity index (χ3n) is 2.85. The second-order valence-corrected chi connectivity index (χ2v) is 4.87. The number of unbranched alkanes of at least 4 members (excludes halogenated alkanes) is 1. The van der Waals surface area contributed by atoms with Crippen molar-refractivity contribution in [3.05, 3.63) is 0 Å². The second kappa shape index (κ2) is 8.95. The van der Waals surface area contributed by atoms with Crippen molar-refractivity contribution in [2.24, 2.45) is 5.73 Å². The quantitative estimate of drug-likeness (QED) is 0.243. The first-order chi connectivity index (χ1) is 10.1. The Morgan fingerprint density at radius 3 is 1.91 bits per heavy atom. The molecule has 0 fully saturated rings. The molecule has 22 heavy (non-hydrogen) atoms. The van der Waals surface area contributed by atoms with Crippen LogP contribution in [0.15, 0.2) is 0 Å². The number of hydrogen-bond donors (Lipinski definition) is 6. The van der Waals surface area contributed by atoms with Crippen LogP contribution in [-0.2, 0) is 19.2 Å². The number of carboxylic acids is 3. The van der Waals surface area contributed by atoms with Gasteiger partial charge in [0.05, 0.1) is 12.8 Å². The smallest absolute Gasteiger partial charge is 0.320 e. The Morgan fingerprint density at radius 1 is 1.00 bits per heavy atom. The van der Waals surface area contributed by atoms with Crippen molar-refractivity contribution in [2.75, 3.05) is 6.54 Å². The molecule has 0 saturated heterocycles. The van der Waals surface area contributed by atoms with Gasteiger partial charge in [-0.2, -0.15) is 0 Å². The lowest BCUT2D eigenvalue weighted by Crippen LogP contribution is -2.49. The van der Waals surface area contributed by atoms with E-state index >= 15 is 0 Å². The first-order valence-corrected chi connectivity index (χ1v) is 6.51. The number of aliphatic carboxylic acids is 3. The number of amides is 1. The van der Waals surface area contributed by atoms with Gasteiger partial charge in [0.15, 0.2) is 5.60 Å². The van der Waals surface area contributed by atoms with E-state index in [9.17, 15) is 24.3 Å². The molecule has 1 amide bonds. The number of hydrogen-bond acceptors (Lipinski definition) is 6.